The number of nitrogens with one attached hydrogen (secondary N) is 1. The first-order chi connectivity index (χ1) is 12.5. The van der Waals surface area contributed by atoms with E-state index in [0.717, 1.165) is 12.0 Å². The van der Waals surface area contributed by atoms with Crippen LogP contribution in [0, 0.1) is 12.8 Å². The van der Waals surface area contributed by atoms with Crippen molar-refractivity contribution in [3.63, 3.8) is 0 Å². The van der Waals surface area contributed by atoms with E-state index in [1.165, 1.54) is 10.8 Å². The maximum absolute atomic E-state index is 12.4. The molecule has 1 aliphatic rings. The summed E-state index contributed by atoms with van der Waals surface area (Å²) >= 11 is 5.89. The summed E-state index contributed by atoms with van der Waals surface area (Å²) in [6.45, 7) is 1.91. The van der Waals surface area contributed by atoms with Crippen LogP contribution in [0.25, 0.3) is 5.78 Å². The van der Waals surface area contributed by atoms with Crippen LogP contribution in [0.1, 0.15) is 29.2 Å². The average Bonchev–Trinajstić information content (AvgIpc) is 3.29. The molecule has 2 heterocycles. The summed E-state index contributed by atoms with van der Waals surface area (Å²) in [7, 11) is 0. The molecule has 0 unspecified atom stereocenters. The molecule has 1 saturated carbocycles. The Bertz CT molecular complexity index is 1030. The molecule has 0 radical (unpaired) electrons. The van der Waals surface area contributed by atoms with Crippen molar-refractivity contribution in [1.29, 1.82) is 0 Å². The smallest absolute Gasteiger partial charge is 0.309 e. The van der Waals surface area contributed by atoms with Gasteiger partial charge in [-0.3, -0.25) is 14.7 Å². The largest absolute Gasteiger partial charge is 0.465 e. The molecule has 8 heteroatoms. The van der Waals surface area contributed by atoms with Crippen LogP contribution in [-0.4, -0.2) is 32.2 Å². The molecule has 2 aromatic heterocycles. The van der Waals surface area contributed by atoms with Crippen LogP contribution in [0.4, 0.5) is 0 Å². The monoisotopic (exact) mass is 372 g/mol. The van der Waals surface area contributed by atoms with Gasteiger partial charge in [0, 0.05) is 17.0 Å². The minimum atomic E-state index is -0.224. The molecule has 26 heavy (non-hydrogen) atoms. The van der Waals surface area contributed by atoms with Gasteiger partial charge >= 0.3 is 5.97 Å². The Balaban J connectivity index is 1.36. The number of carbonyl (C=O) groups excluding carboxylic acids is 1. The van der Waals surface area contributed by atoms with Crippen LogP contribution < -0.4 is 5.56 Å². The lowest BCUT2D eigenvalue weighted by molar-refractivity contribution is -0.145. The third-order valence-electron chi connectivity index (χ3n) is 4.72. The van der Waals surface area contributed by atoms with E-state index in [-0.39, 0.29) is 30.0 Å². The van der Waals surface area contributed by atoms with Crippen molar-refractivity contribution < 1.29 is 9.53 Å². The Morgan fingerprint density at radius 1 is 1.38 bits per heavy atom. The van der Waals surface area contributed by atoms with Crippen molar-refractivity contribution in [2.75, 3.05) is 6.61 Å². The molecule has 0 amide bonds. The Labute approximate surface area is 154 Å². The molecule has 134 valence electrons. The summed E-state index contributed by atoms with van der Waals surface area (Å²) in [6.07, 6.45) is 2.52. The molecule has 0 bridgehead atoms. The Kier molecular flexibility index (Phi) is 4.24. The van der Waals surface area contributed by atoms with Gasteiger partial charge < -0.3 is 4.74 Å². The number of aromatic nitrogens is 4. The van der Waals surface area contributed by atoms with Gasteiger partial charge in [-0.05, 0) is 37.0 Å². The van der Waals surface area contributed by atoms with Crippen molar-refractivity contribution in [3.05, 3.63) is 62.8 Å². The minimum absolute atomic E-state index is 0.119. The fraction of sp³-hybridized carbons (Fsp3) is 0.333. The molecular weight excluding hydrogens is 356 g/mol. The highest BCUT2D eigenvalue weighted by Crippen LogP contribution is 2.48. The minimum Gasteiger partial charge on any atom is -0.465 e. The second-order valence-corrected chi connectivity index (χ2v) is 6.86. The predicted molar refractivity (Wildman–Crippen MR) is 95.3 cm³/mol. The number of aryl methyl sites for hydroxylation is 1. The zero-order chi connectivity index (χ0) is 18.3. The zero-order valence-corrected chi connectivity index (χ0v) is 14.9. The second kappa shape index (κ2) is 6.57. The van der Waals surface area contributed by atoms with Crippen LogP contribution >= 0.6 is 11.6 Å². The van der Waals surface area contributed by atoms with Crippen molar-refractivity contribution in [1.82, 2.24) is 19.6 Å². The zero-order valence-electron chi connectivity index (χ0n) is 14.1. The van der Waals surface area contributed by atoms with E-state index in [9.17, 15) is 9.59 Å². The van der Waals surface area contributed by atoms with Crippen LogP contribution in [-0.2, 0) is 16.0 Å². The lowest BCUT2D eigenvalue weighted by Crippen LogP contribution is -2.23. The van der Waals surface area contributed by atoms with Crippen LogP contribution in [0.3, 0.4) is 0 Å². The van der Waals surface area contributed by atoms with Gasteiger partial charge in [-0.2, -0.15) is 4.52 Å². The molecule has 0 spiro atoms. The topological polar surface area (TPSA) is 89.3 Å². The van der Waals surface area contributed by atoms with E-state index in [1.807, 2.05) is 24.3 Å². The summed E-state index contributed by atoms with van der Waals surface area (Å²) in [5.41, 5.74) is 2.00. The maximum Gasteiger partial charge on any atom is 0.309 e. The first kappa shape index (κ1) is 16.8. The molecule has 7 nitrogen and oxygen atoms in total. The number of halogens is 1. The lowest BCUT2D eigenvalue weighted by Gasteiger charge is -2.07. The average molecular weight is 373 g/mol. The number of esters is 1. The third kappa shape index (κ3) is 3.10. The van der Waals surface area contributed by atoms with Crippen LogP contribution in [0.2, 0.25) is 5.02 Å². The Hall–Kier alpha value is -2.67. The van der Waals surface area contributed by atoms with Crippen molar-refractivity contribution in [2.45, 2.75) is 25.7 Å². The number of hydrogen-bond donors (Lipinski definition) is 1. The van der Waals surface area contributed by atoms with Gasteiger partial charge in [0.25, 0.3) is 11.3 Å². The number of H-pyrrole nitrogens is 1. The van der Waals surface area contributed by atoms with Gasteiger partial charge in [0.15, 0.2) is 0 Å². The van der Waals surface area contributed by atoms with E-state index in [2.05, 4.69) is 15.1 Å². The SMILES string of the molecule is Cc1nc2nc[nH]n2c(=O)c1CCOC(=O)[C@H]1C[C@H]1c1ccc(Cl)cc1. The summed E-state index contributed by atoms with van der Waals surface area (Å²) in [5.74, 6) is 0.178. The number of aromatic amines is 1. The number of benzene rings is 1. The van der Waals surface area contributed by atoms with Crippen molar-refractivity contribution in [2.24, 2.45) is 5.92 Å². The molecule has 1 N–H and O–H groups in total. The maximum atomic E-state index is 12.4. The van der Waals surface area contributed by atoms with Gasteiger partial charge in [-0.1, -0.05) is 23.7 Å². The number of ether oxygens (including phenoxy) is 1. The van der Waals surface area contributed by atoms with Gasteiger partial charge in [-0.15, -0.1) is 0 Å². The van der Waals surface area contributed by atoms with E-state index in [4.69, 9.17) is 16.3 Å². The van der Waals surface area contributed by atoms with Crippen molar-refractivity contribution in [3.8, 4) is 0 Å². The van der Waals surface area contributed by atoms with Gasteiger partial charge in [-0.25, -0.2) is 9.97 Å². The third-order valence-corrected chi connectivity index (χ3v) is 4.97. The van der Waals surface area contributed by atoms with E-state index < -0.39 is 0 Å². The lowest BCUT2D eigenvalue weighted by atomic mass is 10.1. The summed E-state index contributed by atoms with van der Waals surface area (Å²) in [4.78, 5) is 32.9. The van der Waals surface area contributed by atoms with Crippen LogP contribution in [0.15, 0.2) is 35.4 Å². The first-order valence-electron chi connectivity index (χ1n) is 8.38. The molecule has 1 aromatic carbocycles. The number of fused-ring (bicyclic) bond motifs is 1. The highest BCUT2D eigenvalue weighted by molar-refractivity contribution is 6.30. The molecule has 1 aliphatic carbocycles. The Morgan fingerprint density at radius 2 is 2.15 bits per heavy atom. The Morgan fingerprint density at radius 3 is 2.92 bits per heavy atom. The summed E-state index contributed by atoms with van der Waals surface area (Å²) in [6, 6.07) is 7.53. The predicted octanol–water partition coefficient (Wildman–Crippen LogP) is 2.27. The van der Waals surface area contributed by atoms with Gasteiger partial charge in [0.1, 0.15) is 6.33 Å². The molecule has 2 atom stereocenters. The number of carbonyl (C=O) groups is 1. The standard InChI is InChI=1S/C18H17ClN4O3/c1-10-13(16(24)23-18(22-10)20-9-21-23)6-7-26-17(25)15-8-14(15)11-2-4-12(19)5-3-11/h2-5,9,14-15H,6-8H2,1H3,(H,20,21,22)/t14-,15-/m0/s1. The van der Waals surface area contributed by atoms with Gasteiger partial charge in [0.05, 0.1) is 18.2 Å². The fourth-order valence-electron chi connectivity index (χ4n) is 3.18. The van der Waals surface area contributed by atoms with E-state index >= 15 is 0 Å². The van der Waals surface area contributed by atoms with Gasteiger partial charge in [0.2, 0.25) is 0 Å². The summed E-state index contributed by atoms with van der Waals surface area (Å²) in [5, 5.41) is 3.40. The second-order valence-electron chi connectivity index (χ2n) is 6.42. The summed E-state index contributed by atoms with van der Waals surface area (Å²) < 4.78 is 6.66. The molecular formula is C18H17ClN4O3. The molecule has 3 aromatic rings. The number of nitrogens with zero attached hydrogens (tertiary/aromatic N) is 3. The quantitative estimate of drug-likeness (QED) is 0.694. The fourth-order valence-corrected chi connectivity index (χ4v) is 3.30. The van der Waals surface area contributed by atoms with E-state index in [1.54, 1.807) is 6.92 Å². The van der Waals surface area contributed by atoms with Crippen molar-refractivity contribution >= 4 is 23.3 Å². The highest BCUT2D eigenvalue weighted by Gasteiger charge is 2.45. The molecule has 0 aliphatic heterocycles. The molecule has 1 fully saturated rings. The highest BCUT2D eigenvalue weighted by atomic mass is 35.5. The number of hydrogen-bond acceptors (Lipinski definition) is 5. The number of rotatable bonds is 5. The van der Waals surface area contributed by atoms with E-state index in [0.29, 0.717) is 28.5 Å². The molecule has 0 saturated heterocycles. The normalized spacial score (nSPS) is 18.8. The first-order valence-corrected chi connectivity index (χ1v) is 8.76. The molecule has 4 rings (SSSR count). The van der Waals surface area contributed by atoms with Crippen LogP contribution in [0.5, 0.6) is 0 Å².